The predicted molar refractivity (Wildman–Crippen MR) is 156 cm³/mol. The number of ketones is 1. The molecule has 0 bridgehead atoms. The van der Waals surface area contributed by atoms with Gasteiger partial charge >= 0.3 is 5.97 Å². The Morgan fingerprint density at radius 1 is 1.07 bits per heavy atom. The van der Waals surface area contributed by atoms with E-state index in [1.807, 2.05) is 17.9 Å². The third-order valence-corrected chi connectivity index (χ3v) is 10.3. The number of hydrogen-bond donors (Lipinski definition) is 0. The van der Waals surface area contributed by atoms with Crippen LogP contribution < -0.4 is 0 Å². The van der Waals surface area contributed by atoms with E-state index in [1.165, 1.54) is 19.3 Å². The summed E-state index contributed by atoms with van der Waals surface area (Å²) in [4.78, 5) is 46.5. The van der Waals surface area contributed by atoms with Crippen molar-refractivity contribution in [3.8, 4) is 0 Å². The van der Waals surface area contributed by atoms with Crippen LogP contribution in [-0.4, -0.2) is 57.8 Å². The minimum atomic E-state index is -0.581. The molecule has 2 aliphatic carbocycles. The molecule has 9 heteroatoms. The molecule has 3 heterocycles. The van der Waals surface area contributed by atoms with Gasteiger partial charge in [-0.25, -0.2) is 9.78 Å². The predicted octanol–water partition coefficient (Wildman–Crippen LogP) is 6.49. The molecule has 2 aromatic heterocycles. The van der Waals surface area contributed by atoms with Crippen LogP contribution in [0.15, 0.2) is 18.3 Å². The number of carbonyl (C=O) groups is 3. The van der Waals surface area contributed by atoms with Crippen molar-refractivity contribution in [3.05, 3.63) is 34.7 Å². The van der Waals surface area contributed by atoms with E-state index in [0.29, 0.717) is 24.0 Å². The second-order valence-electron chi connectivity index (χ2n) is 12.5. The van der Waals surface area contributed by atoms with E-state index in [0.717, 1.165) is 50.5 Å². The number of rotatable bonds is 9. The highest BCUT2D eigenvalue weighted by atomic mass is 35.5. The van der Waals surface area contributed by atoms with Crippen LogP contribution in [0.4, 0.5) is 4.39 Å². The van der Waals surface area contributed by atoms with Crippen LogP contribution >= 0.6 is 11.6 Å². The highest BCUT2D eigenvalue weighted by Gasteiger charge is 2.46. The molecule has 1 amide bonds. The number of Topliss-reactive ketones (excluding diaryl/α,β-unsaturated/α-hetero) is 1. The average Bonchev–Trinajstić information content (AvgIpc) is 3.59. The van der Waals surface area contributed by atoms with E-state index < -0.39 is 12.0 Å². The Balaban J connectivity index is 1.35. The van der Waals surface area contributed by atoms with Gasteiger partial charge in [-0.1, -0.05) is 56.7 Å². The third-order valence-electron chi connectivity index (χ3n) is 9.95. The number of alkyl halides is 1. The Morgan fingerprint density at radius 2 is 1.80 bits per heavy atom. The highest BCUT2D eigenvalue weighted by Crippen LogP contribution is 2.42. The molecule has 0 unspecified atom stereocenters. The van der Waals surface area contributed by atoms with Crippen molar-refractivity contribution in [3.63, 3.8) is 0 Å². The van der Waals surface area contributed by atoms with Gasteiger partial charge in [0.05, 0.1) is 19.3 Å². The molecule has 0 N–H and O–H groups in total. The number of carbonyl (C=O) groups excluding carboxylic acids is 3. The molecule has 0 spiro atoms. The number of esters is 1. The zero-order valence-corrected chi connectivity index (χ0v) is 25.1. The minimum Gasteiger partial charge on any atom is -0.461 e. The van der Waals surface area contributed by atoms with E-state index in [1.54, 1.807) is 23.6 Å². The van der Waals surface area contributed by atoms with Gasteiger partial charge in [0.25, 0.3) is 0 Å². The van der Waals surface area contributed by atoms with Crippen LogP contribution in [0.2, 0.25) is 5.15 Å². The number of nitrogens with zero attached hydrogens (tertiary/aromatic N) is 3. The number of aromatic nitrogens is 2. The van der Waals surface area contributed by atoms with Crippen molar-refractivity contribution in [2.24, 2.45) is 29.6 Å². The zero-order chi connectivity index (χ0) is 29.1. The Kier molecular flexibility index (Phi) is 9.67. The lowest BCUT2D eigenvalue weighted by Crippen LogP contribution is -2.48. The van der Waals surface area contributed by atoms with Crippen molar-refractivity contribution in [2.45, 2.75) is 90.5 Å². The van der Waals surface area contributed by atoms with Gasteiger partial charge in [-0.2, -0.15) is 0 Å². The molecule has 2 saturated carbocycles. The number of fused-ring (bicyclic) bond motifs is 1. The second-order valence-corrected chi connectivity index (χ2v) is 12.8. The standard InChI is InChI=1S/C32H43ClFN3O4/c1-3-41-32(40)28-30(33)37-19-21(9-14-27(37)35-28)17-26(38)29-25(23-7-5-4-6-8-23)15-16-36(29)31(39)24-12-10-22(11-13-24)20(2)18-34/h9,14,19-20,22-25,29H,3-8,10-13,15-18H2,1-2H3/t20-,22?,24?,25+,29+/m1/s1. The first kappa shape index (κ1) is 30.0. The summed E-state index contributed by atoms with van der Waals surface area (Å²) in [5, 5.41) is 0.156. The topological polar surface area (TPSA) is 81.0 Å². The summed E-state index contributed by atoms with van der Waals surface area (Å²) < 4.78 is 19.9. The van der Waals surface area contributed by atoms with Crippen LogP contribution in [0.1, 0.15) is 94.1 Å². The fraction of sp³-hybridized carbons (Fsp3) is 0.688. The highest BCUT2D eigenvalue weighted by molar-refractivity contribution is 6.32. The van der Waals surface area contributed by atoms with Crippen molar-refractivity contribution >= 4 is 34.9 Å². The Hall–Kier alpha value is -2.48. The lowest BCUT2D eigenvalue weighted by Gasteiger charge is -2.37. The number of hydrogen-bond acceptors (Lipinski definition) is 5. The van der Waals surface area contributed by atoms with Crippen molar-refractivity contribution in [1.82, 2.24) is 14.3 Å². The van der Waals surface area contributed by atoms with Gasteiger partial charge in [-0.15, -0.1) is 0 Å². The molecule has 41 heavy (non-hydrogen) atoms. The third kappa shape index (κ3) is 6.32. The molecule has 7 nitrogen and oxygen atoms in total. The molecular weight excluding hydrogens is 545 g/mol. The molecule has 0 radical (unpaired) electrons. The van der Waals surface area contributed by atoms with E-state index in [-0.39, 0.29) is 60.0 Å². The summed E-state index contributed by atoms with van der Waals surface area (Å²) >= 11 is 6.48. The van der Waals surface area contributed by atoms with Crippen LogP contribution in [-0.2, 0) is 20.7 Å². The smallest absolute Gasteiger partial charge is 0.360 e. The van der Waals surface area contributed by atoms with Crippen molar-refractivity contribution in [2.75, 3.05) is 19.8 Å². The fourth-order valence-electron chi connectivity index (χ4n) is 7.63. The summed E-state index contributed by atoms with van der Waals surface area (Å²) in [6.45, 7) is 4.23. The van der Waals surface area contributed by atoms with E-state index in [2.05, 4.69) is 4.98 Å². The van der Waals surface area contributed by atoms with Gasteiger partial charge in [0, 0.05) is 25.1 Å². The molecule has 3 aliphatic rings. The maximum Gasteiger partial charge on any atom is 0.360 e. The number of pyridine rings is 1. The van der Waals surface area contributed by atoms with Crippen LogP contribution in [0.3, 0.4) is 0 Å². The number of amides is 1. The number of halogens is 2. The largest absolute Gasteiger partial charge is 0.461 e. The van der Waals surface area contributed by atoms with Crippen LogP contribution in [0.5, 0.6) is 0 Å². The normalized spacial score (nSPS) is 26.3. The number of ether oxygens (including phenoxy) is 1. The lowest BCUT2D eigenvalue weighted by molar-refractivity contribution is -0.143. The Bertz CT molecular complexity index is 1250. The van der Waals surface area contributed by atoms with Gasteiger partial charge in [0.2, 0.25) is 5.91 Å². The molecule has 3 atom stereocenters. The van der Waals surface area contributed by atoms with E-state index >= 15 is 0 Å². The molecule has 2 aromatic rings. The lowest BCUT2D eigenvalue weighted by atomic mass is 9.74. The Morgan fingerprint density at radius 3 is 2.49 bits per heavy atom. The maximum absolute atomic E-state index is 14.1. The maximum atomic E-state index is 14.1. The second kappa shape index (κ2) is 13.2. The van der Waals surface area contributed by atoms with Gasteiger partial charge in [0.15, 0.2) is 11.5 Å². The number of likely N-dealkylation sites (tertiary alicyclic amines) is 1. The molecule has 0 aromatic carbocycles. The monoisotopic (exact) mass is 587 g/mol. The van der Waals surface area contributed by atoms with Gasteiger partial charge in [-0.3, -0.25) is 18.4 Å². The summed E-state index contributed by atoms with van der Waals surface area (Å²) in [5.41, 5.74) is 1.32. The Labute approximate surface area is 247 Å². The number of imidazole rings is 1. The molecule has 3 fully saturated rings. The van der Waals surface area contributed by atoms with Crippen LogP contribution in [0.25, 0.3) is 5.65 Å². The first-order chi connectivity index (χ1) is 19.8. The van der Waals surface area contributed by atoms with Gasteiger partial charge in [0.1, 0.15) is 10.8 Å². The first-order valence-electron chi connectivity index (χ1n) is 15.5. The molecular formula is C32H43ClFN3O4. The quantitative estimate of drug-likeness (QED) is 0.313. The average molecular weight is 588 g/mol. The molecule has 5 rings (SSSR count). The summed E-state index contributed by atoms with van der Waals surface area (Å²) in [5.74, 6) is 0.540. The summed E-state index contributed by atoms with van der Waals surface area (Å²) in [6.07, 6.45) is 12.0. The van der Waals surface area contributed by atoms with Gasteiger partial charge in [-0.05, 0) is 74.3 Å². The molecule has 1 saturated heterocycles. The molecule has 224 valence electrons. The van der Waals surface area contributed by atoms with Gasteiger partial charge < -0.3 is 9.64 Å². The fourth-order valence-corrected chi connectivity index (χ4v) is 7.88. The van der Waals surface area contributed by atoms with Crippen molar-refractivity contribution in [1.29, 1.82) is 0 Å². The SMILES string of the molecule is CCOC(=O)c1nc2ccc(CC(=O)[C@@H]3[C@H](C4CCCCC4)CCN3C(=O)C3CCC([C@H](C)CF)CC3)cn2c1Cl. The van der Waals surface area contributed by atoms with E-state index in [9.17, 15) is 18.8 Å². The molecule has 1 aliphatic heterocycles. The van der Waals surface area contributed by atoms with Crippen LogP contribution in [0, 0.1) is 29.6 Å². The van der Waals surface area contributed by atoms with Crippen molar-refractivity contribution < 1.29 is 23.5 Å². The first-order valence-corrected chi connectivity index (χ1v) is 15.9. The minimum absolute atomic E-state index is 0.0394. The van der Waals surface area contributed by atoms with E-state index in [4.69, 9.17) is 16.3 Å². The summed E-state index contributed by atoms with van der Waals surface area (Å²) in [6, 6.07) is 3.18. The summed E-state index contributed by atoms with van der Waals surface area (Å²) in [7, 11) is 0. The zero-order valence-electron chi connectivity index (χ0n) is 24.3.